The predicted octanol–water partition coefficient (Wildman–Crippen LogP) is 8.67. The fourth-order valence-electron chi connectivity index (χ4n) is 5.30. The molecule has 2 aromatic carbocycles. The monoisotopic (exact) mass is 645 g/mol. The summed E-state index contributed by atoms with van der Waals surface area (Å²) in [5.74, 6) is 2.24. The zero-order valence-corrected chi connectivity index (χ0v) is 29.9. The van der Waals surface area contributed by atoms with Crippen LogP contribution in [-0.4, -0.2) is 65.2 Å². The van der Waals surface area contributed by atoms with E-state index >= 15 is 0 Å². The van der Waals surface area contributed by atoms with E-state index in [1.165, 1.54) is 4.90 Å². The molecule has 0 saturated carbocycles. The van der Waals surface area contributed by atoms with Crippen LogP contribution in [0.4, 0.5) is 4.79 Å². The highest BCUT2D eigenvalue weighted by Gasteiger charge is 2.39. The number of likely N-dealkylation sites (tertiary alicyclic amines) is 1. The Balaban J connectivity index is 1.39. The third-order valence-electron chi connectivity index (χ3n) is 9.10. The number of nitrogens with zero attached hydrogens (tertiary/aromatic N) is 5. The van der Waals surface area contributed by atoms with Crippen LogP contribution < -0.4 is 4.43 Å². The quantitative estimate of drug-likeness (QED) is 0.136. The van der Waals surface area contributed by atoms with E-state index in [4.69, 9.17) is 24.1 Å². The lowest BCUT2D eigenvalue weighted by Crippen LogP contribution is -2.43. The minimum absolute atomic E-state index is 0.130. The first-order valence-electron chi connectivity index (χ1n) is 15.8. The van der Waals surface area contributed by atoms with Crippen LogP contribution in [0.1, 0.15) is 45.5 Å². The maximum atomic E-state index is 11.9. The first kappa shape index (κ1) is 32.8. The van der Waals surface area contributed by atoms with Crippen molar-refractivity contribution in [2.45, 2.75) is 90.2 Å². The van der Waals surface area contributed by atoms with Gasteiger partial charge in [0.15, 0.2) is 5.82 Å². The molecule has 11 heteroatoms. The third kappa shape index (κ3) is 7.48. The Morgan fingerprint density at radius 3 is 2.31 bits per heavy atom. The van der Waals surface area contributed by atoms with E-state index in [-0.39, 0.29) is 11.1 Å². The molecule has 4 aromatic rings. The number of carboxylic acid groups (broad SMARTS) is 1. The van der Waals surface area contributed by atoms with Crippen molar-refractivity contribution in [2.24, 2.45) is 0 Å². The standard InChI is InChI=1S/C34H47N5O4Si2/c1-34(2,3)45(7,8)43-28-14-13-24-18-26(12-11-25(24)19-28)31-35-20-27(21-36-31)30-22-37-32(29-10-9-15-38(29)33(40)41)39(30)23-42-16-17-44(4,5)6/h11-14,18-22,29H,9-10,15-17,23H2,1-8H3,(H,40,41)/t29-/m0/s1. The Morgan fingerprint density at radius 1 is 0.956 bits per heavy atom. The maximum Gasteiger partial charge on any atom is 0.407 e. The number of fused-ring (bicyclic) bond motifs is 1. The van der Waals surface area contributed by atoms with Gasteiger partial charge >= 0.3 is 6.09 Å². The lowest BCUT2D eigenvalue weighted by atomic mass is 10.1. The summed E-state index contributed by atoms with van der Waals surface area (Å²) in [6.45, 7) is 19.7. The van der Waals surface area contributed by atoms with Crippen LogP contribution in [0.5, 0.6) is 5.75 Å². The number of aromatic nitrogens is 4. The predicted molar refractivity (Wildman–Crippen MR) is 185 cm³/mol. The van der Waals surface area contributed by atoms with Gasteiger partial charge in [0.1, 0.15) is 18.3 Å². The highest BCUT2D eigenvalue weighted by Crippen LogP contribution is 2.38. The largest absolute Gasteiger partial charge is 0.543 e. The summed E-state index contributed by atoms with van der Waals surface area (Å²) in [7, 11) is -3.19. The number of hydrogen-bond donors (Lipinski definition) is 1. The van der Waals surface area contributed by atoms with Gasteiger partial charge in [-0.25, -0.2) is 19.7 Å². The van der Waals surface area contributed by atoms with Crippen LogP contribution in [0.2, 0.25) is 43.8 Å². The van der Waals surface area contributed by atoms with Crippen molar-refractivity contribution in [3.63, 3.8) is 0 Å². The van der Waals surface area contributed by atoms with Crippen molar-refractivity contribution >= 4 is 33.3 Å². The normalized spacial score (nSPS) is 16.0. The molecule has 1 aliphatic heterocycles. The van der Waals surface area contributed by atoms with E-state index in [1.807, 2.05) is 23.0 Å². The highest BCUT2D eigenvalue weighted by molar-refractivity contribution is 6.76. The Hall–Kier alpha value is -3.55. The molecule has 1 N–H and O–H groups in total. The second-order valence-electron chi connectivity index (χ2n) is 14.8. The molecule has 1 amide bonds. The average Bonchev–Trinajstić information content (AvgIpc) is 3.61. The molecular weight excluding hydrogens is 599 g/mol. The Bertz CT molecular complexity index is 1660. The van der Waals surface area contributed by atoms with Gasteiger partial charge in [-0.15, -0.1) is 0 Å². The summed E-state index contributed by atoms with van der Waals surface area (Å²) in [5.41, 5.74) is 2.55. The van der Waals surface area contributed by atoms with Gasteiger partial charge in [-0.1, -0.05) is 58.6 Å². The van der Waals surface area contributed by atoms with E-state index in [0.29, 0.717) is 31.5 Å². The van der Waals surface area contributed by atoms with Gasteiger partial charge in [-0.3, -0.25) is 4.90 Å². The van der Waals surface area contributed by atoms with Crippen LogP contribution in [-0.2, 0) is 11.5 Å². The van der Waals surface area contributed by atoms with Gasteiger partial charge in [0.05, 0.1) is 17.9 Å². The Labute approximate surface area is 268 Å². The van der Waals surface area contributed by atoms with Crippen LogP contribution in [0.3, 0.4) is 0 Å². The molecule has 2 aromatic heterocycles. The van der Waals surface area contributed by atoms with Crippen molar-refractivity contribution < 1.29 is 19.1 Å². The van der Waals surface area contributed by atoms with Crippen LogP contribution in [0, 0.1) is 0 Å². The van der Waals surface area contributed by atoms with Crippen molar-refractivity contribution in [1.82, 2.24) is 24.4 Å². The summed E-state index contributed by atoms with van der Waals surface area (Å²) in [5, 5.41) is 12.1. The van der Waals surface area contributed by atoms with E-state index in [2.05, 4.69) is 83.8 Å². The number of rotatable bonds is 10. The molecule has 240 valence electrons. The minimum atomic E-state index is -1.93. The molecule has 0 radical (unpaired) electrons. The zero-order valence-electron chi connectivity index (χ0n) is 27.9. The minimum Gasteiger partial charge on any atom is -0.543 e. The van der Waals surface area contributed by atoms with E-state index in [9.17, 15) is 9.90 Å². The van der Waals surface area contributed by atoms with Crippen molar-refractivity contribution in [2.75, 3.05) is 13.2 Å². The number of ether oxygens (including phenoxy) is 1. The molecular formula is C34H47N5O4Si2. The Morgan fingerprint density at radius 2 is 1.64 bits per heavy atom. The maximum absolute atomic E-state index is 11.9. The molecule has 1 aliphatic rings. The summed E-state index contributed by atoms with van der Waals surface area (Å²) >= 11 is 0. The lowest BCUT2D eigenvalue weighted by Gasteiger charge is -2.36. The first-order chi connectivity index (χ1) is 21.1. The zero-order chi connectivity index (χ0) is 32.6. The third-order valence-corrected chi connectivity index (χ3v) is 15.2. The molecule has 3 heterocycles. The fraction of sp³-hybridized carbons (Fsp3) is 0.471. The molecule has 0 spiro atoms. The van der Waals surface area contributed by atoms with Crippen molar-refractivity contribution in [3.8, 4) is 28.4 Å². The Kier molecular flexibility index (Phi) is 9.26. The molecule has 5 rings (SSSR count). The number of imidazole rings is 1. The van der Waals surface area contributed by atoms with Crippen LogP contribution in [0.25, 0.3) is 33.4 Å². The van der Waals surface area contributed by atoms with Gasteiger partial charge in [0.25, 0.3) is 0 Å². The number of carbonyl (C=O) groups is 1. The highest BCUT2D eigenvalue weighted by atomic mass is 28.4. The molecule has 0 unspecified atom stereocenters. The molecule has 9 nitrogen and oxygen atoms in total. The van der Waals surface area contributed by atoms with Crippen LogP contribution in [0.15, 0.2) is 55.0 Å². The summed E-state index contributed by atoms with van der Waals surface area (Å²) < 4.78 is 14.7. The van der Waals surface area contributed by atoms with E-state index in [0.717, 1.165) is 52.2 Å². The summed E-state index contributed by atoms with van der Waals surface area (Å²) in [6.07, 6.45) is 6.03. The number of benzene rings is 2. The average molecular weight is 646 g/mol. The summed E-state index contributed by atoms with van der Waals surface area (Å²) in [6, 6.07) is 13.3. The molecule has 1 saturated heterocycles. The molecule has 1 fully saturated rings. The van der Waals surface area contributed by atoms with Crippen molar-refractivity contribution in [3.05, 3.63) is 60.8 Å². The molecule has 0 aliphatic carbocycles. The van der Waals surface area contributed by atoms with Crippen molar-refractivity contribution in [1.29, 1.82) is 0 Å². The van der Waals surface area contributed by atoms with Gasteiger partial charge in [-0.05, 0) is 66.0 Å². The SMILES string of the molecule is CC(C)(C)[Si](C)(C)Oc1ccc2cc(-c3ncc(-c4cnc([C@@H]5CCCN5C(=O)O)n4COCC[Si](C)(C)C)cn3)ccc2c1. The van der Waals surface area contributed by atoms with Gasteiger partial charge in [0.2, 0.25) is 8.32 Å². The second-order valence-corrected chi connectivity index (χ2v) is 25.1. The molecule has 45 heavy (non-hydrogen) atoms. The lowest BCUT2D eigenvalue weighted by molar-refractivity contribution is 0.0815. The van der Waals surface area contributed by atoms with E-state index in [1.54, 1.807) is 6.20 Å². The first-order valence-corrected chi connectivity index (χ1v) is 22.4. The van der Waals surface area contributed by atoms with Gasteiger partial charge < -0.3 is 18.8 Å². The van der Waals surface area contributed by atoms with Gasteiger partial charge in [-0.2, -0.15) is 0 Å². The summed E-state index contributed by atoms with van der Waals surface area (Å²) in [4.78, 5) is 27.6. The molecule has 1 atom stereocenters. The topological polar surface area (TPSA) is 103 Å². The fourth-order valence-corrected chi connectivity index (χ4v) is 7.08. The molecule has 0 bridgehead atoms. The van der Waals surface area contributed by atoms with Crippen LogP contribution >= 0.6 is 0 Å². The number of hydrogen-bond acceptors (Lipinski definition) is 6. The second kappa shape index (κ2) is 12.7. The van der Waals surface area contributed by atoms with Gasteiger partial charge in [0, 0.05) is 44.7 Å². The smallest absolute Gasteiger partial charge is 0.407 e. The number of amides is 1. The van der Waals surface area contributed by atoms with E-state index < -0.39 is 22.5 Å².